The van der Waals surface area contributed by atoms with Crippen LogP contribution in [0.1, 0.15) is 31.2 Å². The Labute approximate surface area is 122 Å². The SMILES string of the molecule is Cc1cccc(N2CCN(C3CCCCC3O)CC2)c1. The van der Waals surface area contributed by atoms with Crippen LogP contribution in [0.2, 0.25) is 0 Å². The first-order valence-corrected chi connectivity index (χ1v) is 7.98. The van der Waals surface area contributed by atoms with Crippen molar-refractivity contribution >= 4 is 5.69 Å². The normalized spacial score (nSPS) is 28.6. The third kappa shape index (κ3) is 2.99. The van der Waals surface area contributed by atoms with Crippen molar-refractivity contribution in [3.05, 3.63) is 29.8 Å². The van der Waals surface area contributed by atoms with Crippen LogP contribution in [0, 0.1) is 6.92 Å². The maximum atomic E-state index is 10.2. The van der Waals surface area contributed by atoms with E-state index in [0.29, 0.717) is 6.04 Å². The molecule has 20 heavy (non-hydrogen) atoms. The molecule has 1 aromatic carbocycles. The zero-order valence-corrected chi connectivity index (χ0v) is 12.5. The van der Waals surface area contributed by atoms with E-state index >= 15 is 0 Å². The number of aliphatic hydroxyl groups excluding tert-OH is 1. The van der Waals surface area contributed by atoms with Gasteiger partial charge in [0, 0.05) is 37.9 Å². The van der Waals surface area contributed by atoms with Crippen molar-refractivity contribution in [2.75, 3.05) is 31.1 Å². The molecule has 110 valence electrons. The van der Waals surface area contributed by atoms with Crippen LogP contribution in [0.15, 0.2) is 24.3 Å². The number of aliphatic hydroxyl groups is 1. The van der Waals surface area contributed by atoms with Crippen LogP contribution in [0.3, 0.4) is 0 Å². The molecule has 3 nitrogen and oxygen atoms in total. The van der Waals surface area contributed by atoms with Gasteiger partial charge >= 0.3 is 0 Å². The number of hydrogen-bond donors (Lipinski definition) is 1. The van der Waals surface area contributed by atoms with Crippen molar-refractivity contribution in [2.24, 2.45) is 0 Å². The van der Waals surface area contributed by atoms with E-state index in [0.717, 1.165) is 32.6 Å². The summed E-state index contributed by atoms with van der Waals surface area (Å²) in [5, 5.41) is 10.2. The second-order valence-electron chi connectivity index (χ2n) is 6.28. The Morgan fingerprint density at radius 2 is 1.80 bits per heavy atom. The molecule has 3 heteroatoms. The van der Waals surface area contributed by atoms with Crippen molar-refractivity contribution in [1.29, 1.82) is 0 Å². The third-order valence-corrected chi connectivity index (χ3v) is 4.84. The molecule has 0 bridgehead atoms. The highest BCUT2D eigenvalue weighted by atomic mass is 16.3. The van der Waals surface area contributed by atoms with Crippen LogP contribution < -0.4 is 4.90 Å². The lowest BCUT2D eigenvalue weighted by Gasteiger charge is -2.43. The van der Waals surface area contributed by atoms with Crippen molar-refractivity contribution in [1.82, 2.24) is 4.90 Å². The molecule has 0 aromatic heterocycles. The van der Waals surface area contributed by atoms with Crippen LogP contribution in [-0.2, 0) is 0 Å². The van der Waals surface area contributed by atoms with Gasteiger partial charge < -0.3 is 10.0 Å². The molecule has 1 heterocycles. The van der Waals surface area contributed by atoms with Crippen LogP contribution >= 0.6 is 0 Å². The van der Waals surface area contributed by atoms with Gasteiger partial charge in [-0.05, 0) is 37.5 Å². The largest absolute Gasteiger partial charge is 0.391 e. The van der Waals surface area contributed by atoms with E-state index in [4.69, 9.17) is 0 Å². The minimum atomic E-state index is -0.103. The van der Waals surface area contributed by atoms with Crippen molar-refractivity contribution in [2.45, 2.75) is 44.8 Å². The predicted molar refractivity (Wildman–Crippen MR) is 83.2 cm³/mol. The van der Waals surface area contributed by atoms with Gasteiger partial charge in [0.25, 0.3) is 0 Å². The Morgan fingerprint density at radius 1 is 1.05 bits per heavy atom. The summed E-state index contributed by atoms with van der Waals surface area (Å²) in [5.74, 6) is 0. The summed E-state index contributed by atoms with van der Waals surface area (Å²) in [6, 6.07) is 9.17. The molecule has 3 rings (SSSR count). The number of rotatable bonds is 2. The van der Waals surface area contributed by atoms with Gasteiger partial charge in [0.2, 0.25) is 0 Å². The highest BCUT2D eigenvalue weighted by molar-refractivity contribution is 5.48. The van der Waals surface area contributed by atoms with E-state index in [9.17, 15) is 5.11 Å². The molecular weight excluding hydrogens is 248 g/mol. The van der Waals surface area contributed by atoms with Gasteiger partial charge in [0.05, 0.1) is 6.10 Å². The van der Waals surface area contributed by atoms with Gasteiger partial charge in [-0.2, -0.15) is 0 Å². The van der Waals surface area contributed by atoms with Crippen LogP contribution in [0.25, 0.3) is 0 Å². The maximum absolute atomic E-state index is 10.2. The number of anilines is 1. The average Bonchev–Trinajstić information content (AvgIpc) is 2.48. The molecule has 0 radical (unpaired) electrons. The Kier molecular flexibility index (Phi) is 4.27. The summed E-state index contributed by atoms with van der Waals surface area (Å²) in [6.45, 7) is 6.46. The van der Waals surface area contributed by atoms with Gasteiger partial charge in [-0.15, -0.1) is 0 Å². The second-order valence-corrected chi connectivity index (χ2v) is 6.28. The Balaban J connectivity index is 1.59. The first-order chi connectivity index (χ1) is 9.74. The number of aryl methyl sites for hydroxylation is 1. The monoisotopic (exact) mass is 274 g/mol. The van der Waals surface area contributed by atoms with Crippen molar-refractivity contribution in [3.8, 4) is 0 Å². The van der Waals surface area contributed by atoms with Gasteiger partial charge in [0.15, 0.2) is 0 Å². The van der Waals surface area contributed by atoms with Gasteiger partial charge in [-0.3, -0.25) is 4.90 Å². The third-order valence-electron chi connectivity index (χ3n) is 4.84. The summed E-state index contributed by atoms with van der Waals surface area (Å²) in [6.07, 6.45) is 4.53. The molecule has 2 fully saturated rings. The van der Waals surface area contributed by atoms with E-state index in [-0.39, 0.29) is 6.10 Å². The smallest absolute Gasteiger partial charge is 0.0695 e. The van der Waals surface area contributed by atoms with E-state index in [1.807, 2.05) is 0 Å². The molecule has 2 unspecified atom stereocenters. The summed E-state index contributed by atoms with van der Waals surface area (Å²) >= 11 is 0. The molecule has 1 saturated heterocycles. The highest BCUT2D eigenvalue weighted by Gasteiger charge is 2.30. The van der Waals surface area contributed by atoms with Crippen molar-refractivity contribution in [3.63, 3.8) is 0 Å². The average molecular weight is 274 g/mol. The molecule has 1 aromatic rings. The van der Waals surface area contributed by atoms with Crippen LogP contribution in [-0.4, -0.2) is 48.3 Å². The molecule has 1 aliphatic carbocycles. The Bertz CT molecular complexity index is 440. The summed E-state index contributed by atoms with van der Waals surface area (Å²) in [7, 11) is 0. The van der Waals surface area contributed by atoms with E-state index < -0.39 is 0 Å². The first-order valence-electron chi connectivity index (χ1n) is 7.98. The molecule has 2 atom stereocenters. The molecule has 2 aliphatic rings. The van der Waals surface area contributed by atoms with Crippen molar-refractivity contribution < 1.29 is 5.11 Å². The topological polar surface area (TPSA) is 26.7 Å². The fraction of sp³-hybridized carbons (Fsp3) is 0.647. The number of piperazine rings is 1. The van der Waals surface area contributed by atoms with E-state index in [1.165, 1.54) is 30.5 Å². The molecule has 1 N–H and O–H groups in total. The van der Waals surface area contributed by atoms with Gasteiger partial charge in [0.1, 0.15) is 0 Å². The number of benzene rings is 1. The molecule has 1 saturated carbocycles. The summed E-state index contributed by atoms with van der Waals surface area (Å²) in [4.78, 5) is 4.98. The molecule has 0 spiro atoms. The lowest BCUT2D eigenvalue weighted by atomic mass is 9.91. The lowest BCUT2D eigenvalue weighted by Crippen LogP contribution is -2.54. The number of hydrogen-bond acceptors (Lipinski definition) is 3. The molecular formula is C17H26N2O. The zero-order valence-electron chi connectivity index (χ0n) is 12.5. The van der Waals surface area contributed by atoms with E-state index in [2.05, 4.69) is 41.0 Å². The standard InChI is InChI=1S/C17H26N2O/c1-14-5-4-6-15(13-14)18-9-11-19(12-10-18)16-7-2-3-8-17(16)20/h4-6,13,16-17,20H,2-3,7-12H2,1H3. The Morgan fingerprint density at radius 3 is 2.50 bits per heavy atom. The van der Waals surface area contributed by atoms with Gasteiger partial charge in [-0.1, -0.05) is 25.0 Å². The zero-order chi connectivity index (χ0) is 13.9. The predicted octanol–water partition coefficient (Wildman–Crippen LogP) is 2.42. The van der Waals surface area contributed by atoms with Crippen LogP contribution in [0.4, 0.5) is 5.69 Å². The fourth-order valence-electron chi connectivity index (χ4n) is 3.65. The fourth-order valence-corrected chi connectivity index (χ4v) is 3.65. The first kappa shape index (κ1) is 13.9. The minimum absolute atomic E-state index is 0.103. The van der Waals surface area contributed by atoms with Crippen LogP contribution in [0.5, 0.6) is 0 Å². The quantitative estimate of drug-likeness (QED) is 0.897. The second kappa shape index (κ2) is 6.15. The van der Waals surface area contributed by atoms with Gasteiger partial charge in [-0.25, -0.2) is 0 Å². The lowest BCUT2D eigenvalue weighted by molar-refractivity contribution is 0.0173. The summed E-state index contributed by atoms with van der Waals surface area (Å²) in [5.41, 5.74) is 2.67. The summed E-state index contributed by atoms with van der Waals surface area (Å²) < 4.78 is 0. The number of nitrogens with zero attached hydrogens (tertiary/aromatic N) is 2. The molecule has 1 aliphatic heterocycles. The maximum Gasteiger partial charge on any atom is 0.0695 e. The molecule has 0 amide bonds. The van der Waals surface area contributed by atoms with E-state index in [1.54, 1.807) is 0 Å². The highest BCUT2D eigenvalue weighted by Crippen LogP contribution is 2.25. The Hall–Kier alpha value is -1.06. The minimum Gasteiger partial charge on any atom is -0.391 e.